The highest BCUT2D eigenvalue weighted by Crippen LogP contribution is 2.34. The van der Waals surface area contributed by atoms with Gasteiger partial charge < -0.3 is 10.0 Å². The van der Waals surface area contributed by atoms with E-state index in [9.17, 15) is 14.7 Å². The van der Waals surface area contributed by atoms with Gasteiger partial charge in [-0.1, -0.05) is 6.92 Å². The predicted octanol–water partition coefficient (Wildman–Crippen LogP) is 3.86. The van der Waals surface area contributed by atoms with Crippen molar-refractivity contribution < 1.29 is 14.7 Å². The third kappa shape index (κ3) is 2.90. The minimum Gasteiger partial charge on any atom is -0.478 e. The molecule has 0 radical (unpaired) electrons. The molecule has 0 aromatic carbocycles. The molecule has 1 aliphatic rings. The SMILES string of the molecule is CCC1CCC(C)N1C(=O)Nc1sc(C)c(C)c1C(=O)O. The average molecular weight is 310 g/mol. The van der Waals surface area contributed by atoms with Gasteiger partial charge in [-0.05, 0) is 45.6 Å². The van der Waals surface area contributed by atoms with Gasteiger partial charge in [0.25, 0.3) is 0 Å². The smallest absolute Gasteiger partial charge is 0.338 e. The molecule has 1 fully saturated rings. The molecule has 2 atom stereocenters. The largest absolute Gasteiger partial charge is 0.478 e. The van der Waals surface area contributed by atoms with E-state index in [1.807, 2.05) is 18.7 Å². The summed E-state index contributed by atoms with van der Waals surface area (Å²) in [4.78, 5) is 26.7. The fourth-order valence-electron chi connectivity index (χ4n) is 2.97. The zero-order chi connectivity index (χ0) is 15.7. The Morgan fingerprint density at radius 3 is 2.62 bits per heavy atom. The van der Waals surface area contributed by atoms with E-state index in [0.717, 1.165) is 29.7 Å². The maximum atomic E-state index is 12.5. The second-order valence-corrected chi connectivity index (χ2v) is 6.84. The number of aryl methyl sites for hydroxylation is 1. The van der Waals surface area contributed by atoms with Gasteiger partial charge in [-0.25, -0.2) is 9.59 Å². The molecule has 0 aliphatic carbocycles. The van der Waals surface area contributed by atoms with Gasteiger partial charge in [-0.15, -0.1) is 11.3 Å². The van der Waals surface area contributed by atoms with Crippen molar-refractivity contribution in [1.29, 1.82) is 0 Å². The van der Waals surface area contributed by atoms with Crippen LogP contribution >= 0.6 is 11.3 Å². The molecule has 0 spiro atoms. The highest BCUT2D eigenvalue weighted by atomic mass is 32.1. The molecule has 1 aromatic heterocycles. The lowest BCUT2D eigenvalue weighted by Crippen LogP contribution is -2.42. The first kappa shape index (κ1) is 15.8. The van der Waals surface area contributed by atoms with E-state index in [1.54, 1.807) is 6.92 Å². The summed E-state index contributed by atoms with van der Waals surface area (Å²) in [7, 11) is 0. The van der Waals surface area contributed by atoms with E-state index in [-0.39, 0.29) is 23.7 Å². The Morgan fingerprint density at radius 1 is 1.38 bits per heavy atom. The third-order valence-corrected chi connectivity index (χ3v) is 5.43. The molecule has 1 saturated heterocycles. The van der Waals surface area contributed by atoms with Crippen molar-refractivity contribution in [1.82, 2.24) is 4.90 Å². The van der Waals surface area contributed by atoms with Crippen molar-refractivity contribution >= 4 is 28.3 Å². The van der Waals surface area contributed by atoms with Crippen LogP contribution in [0.25, 0.3) is 0 Å². The van der Waals surface area contributed by atoms with Crippen molar-refractivity contribution in [3.8, 4) is 0 Å². The highest BCUT2D eigenvalue weighted by molar-refractivity contribution is 7.16. The maximum absolute atomic E-state index is 12.5. The molecule has 0 bridgehead atoms. The van der Waals surface area contributed by atoms with E-state index in [1.165, 1.54) is 11.3 Å². The van der Waals surface area contributed by atoms with Crippen molar-refractivity contribution in [2.24, 2.45) is 0 Å². The fourth-order valence-corrected chi connectivity index (χ4v) is 4.01. The van der Waals surface area contributed by atoms with E-state index in [0.29, 0.717) is 5.00 Å². The Morgan fingerprint density at radius 2 is 2.05 bits per heavy atom. The summed E-state index contributed by atoms with van der Waals surface area (Å²) in [5.74, 6) is -0.992. The number of carbonyl (C=O) groups excluding carboxylic acids is 1. The molecule has 2 unspecified atom stereocenters. The van der Waals surface area contributed by atoms with Crippen LogP contribution in [0.5, 0.6) is 0 Å². The minimum absolute atomic E-state index is 0.185. The number of aromatic carboxylic acids is 1. The van der Waals surface area contributed by atoms with Crippen LogP contribution in [0.1, 0.15) is 53.9 Å². The summed E-state index contributed by atoms with van der Waals surface area (Å²) in [5, 5.41) is 12.6. The third-order valence-electron chi connectivity index (χ3n) is 4.31. The van der Waals surface area contributed by atoms with Gasteiger partial charge in [-0.3, -0.25) is 5.32 Å². The molecule has 5 nitrogen and oxygen atoms in total. The van der Waals surface area contributed by atoms with Crippen molar-refractivity contribution in [3.05, 3.63) is 16.0 Å². The van der Waals surface area contributed by atoms with Gasteiger partial charge in [0.1, 0.15) is 5.00 Å². The number of anilines is 1. The van der Waals surface area contributed by atoms with Crippen LogP contribution < -0.4 is 5.32 Å². The molecule has 2 amide bonds. The first-order valence-corrected chi connectivity index (χ1v) is 8.11. The summed E-state index contributed by atoms with van der Waals surface area (Å²) in [5.41, 5.74) is 0.940. The number of carboxylic acid groups (broad SMARTS) is 1. The van der Waals surface area contributed by atoms with Gasteiger partial charge in [0.05, 0.1) is 5.56 Å². The Labute approximate surface area is 129 Å². The molecule has 21 heavy (non-hydrogen) atoms. The second-order valence-electron chi connectivity index (χ2n) is 5.62. The standard InChI is InChI=1S/C15H22N2O3S/c1-5-11-7-6-8(2)17(11)15(20)16-13-12(14(18)19)9(3)10(4)21-13/h8,11H,5-7H2,1-4H3,(H,16,20)(H,18,19). The molecule has 2 rings (SSSR count). The Hall–Kier alpha value is -1.56. The predicted molar refractivity (Wildman–Crippen MR) is 84.4 cm³/mol. The van der Waals surface area contributed by atoms with Gasteiger partial charge in [-0.2, -0.15) is 0 Å². The fraction of sp³-hybridized carbons (Fsp3) is 0.600. The van der Waals surface area contributed by atoms with E-state index in [2.05, 4.69) is 12.2 Å². The van der Waals surface area contributed by atoms with Gasteiger partial charge in [0.2, 0.25) is 0 Å². The molecular formula is C15H22N2O3S. The van der Waals surface area contributed by atoms with Crippen LogP contribution in [0, 0.1) is 13.8 Å². The summed E-state index contributed by atoms with van der Waals surface area (Å²) in [6.07, 6.45) is 2.94. The number of hydrogen-bond donors (Lipinski definition) is 2. The van der Waals surface area contributed by atoms with Crippen LogP contribution in [0.2, 0.25) is 0 Å². The molecule has 2 N–H and O–H groups in total. The number of thiophene rings is 1. The molecule has 116 valence electrons. The molecule has 1 aliphatic heterocycles. The number of hydrogen-bond acceptors (Lipinski definition) is 3. The highest BCUT2D eigenvalue weighted by Gasteiger charge is 2.34. The molecular weight excluding hydrogens is 288 g/mol. The maximum Gasteiger partial charge on any atom is 0.338 e. The first-order valence-electron chi connectivity index (χ1n) is 7.29. The lowest BCUT2D eigenvalue weighted by Gasteiger charge is -2.28. The second kappa shape index (κ2) is 6.05. The van der Waals surface area contributed by atoms with Crippen LogP contribution in [0.3, 0.4) is 0 Å². The van der Waals surface area contributed by atoms with Crippen LogP contribution in [0.15, 0.2) is 0 Å². The number of amides is 2. The first-order chi connectivity index (χ1) is 9.86. The minimum atomic E-state index is -0.992. The van der Waals surface area contributed by atoms with E-state index < -0.39 is 5.97 Å². The number of nitrogens with one attached hydrogen (secondary N) is 1. The van der Waals surface area contributed by atoms with Crippen LogP contribution in [-0.2, 0) is 0 Å². The lowest BCUT2D eigenvalue weighted by atomic mass is 10.1. The average Bonchev–Trinajstić information content (AvgIpc) is 2.90. The Balaban J connectivity index is 2.24. The van der Waals surface area contributed by atoms with Gasteiger partial charge in [0, 0.05) is 17.0 Å². The zero-order valence-electron chi connectivity index (χ0n) is 12.9. The number of carbonyl (C=O) groups is 2. The zero-order valence-corrected chi connectivity index (χ0v) is 13.7. The quantitative estimate of drug-likeness (QED) is 0.890. The molecule has 6 heteroatoms. The number of rotatable bonds is 3. The number of urea groups is 1. The van der Waals surface area contributed by atoms with E-state index >= 15 is 0 Å². The summed E-state index contributed by atoms with van der Waals surface area (Å²) in [6.45, 7) is 7.76. The summed E-state index contributed by atoms with van der Waals surface area (Å²) >= 11 is 1.33. The number of likely N-dealkylation sites (tertiary alicyclic amines) is 1. The summed E-state index contributed by atoms with van der Waals surface area (Å²) < 4.78 is 0. The molecule has 2 heterocycles. The number of nitrogens with zero attached hydrogens (tertiary/aromatic N) is 1. The Bertz CT molecular complexity index is 568. The Kier molecular flexibility index (Phi) is 4.56. The molecule has 1 aromatic rings. The van der Waals surface area contributed by atoms with Gasteiger partial charge >= 0.3 is 12.0 Å². The normalized spacial score (nSPS) is 21.6. The monoisotopic (exact) mass is 310 g/mol. The van der Waals surface area contributed by atoms with Crippen LogP contribution in [0.4, 0.5) is 9.80 Å². The van der Waals surface area contributed by atoms with E-state index in [4.69, 9.17) is 0 Å². The summed E-state index contributed by atoms with van der Waals surface area (Å²) in [6, 6.07) is 0.261. The topological polar surface area (TPSA) is 69.6 Å². The molecule has 0 saturated carbocycles. The lowest BCUT2D eigenvalue weighted by molar-refractivity contribution is 0.0697. The van der Waals surface area contributed by atoms with Crippen molar-refractivity contribution in [2.75, 3.05) is 5.32 Å². The number of carboxylic acids is 1. The van der Waals surface area contributed by atoms with Crippen LogP contribution in [-0.4, -0.2) is 34.1 Å². The van der Waals surface area contributed by atoms with Crippen molar-refractivity contribution in [3.63, 3.8) is 0 Å². The van der Waals surface area contributed by atoms with Gasteiger partial charge in [0.15, 0.2) is 0 Å². The van der Waals surface area contributed by atoms with Crippen molar-refractivity contribution in [2.45, 2.75) is 59.0 Å².